The summed E-state index contributed by atoms with van der Waals surface area (Å²) in [5.74, 6) is -0.259. The van der Waals surface area contributed by atoms with E-state index in [0.717, 1.165) is 16.7 Å². The summed E-state index contributed by atoms with van der Waals surface area (Å²) in [6, 6.07) is -1.25. The molecule has 2 N–H and O–H groups in total. The van der Waals surface area contributed by atoms with Crippen molar-refractivity contribution < 1.29 is 22.8 Å². The van der Waals surface area contributed by atoms with E-state index in [1.54, 1.807) is 21.0 Å². The number of likely N-dealkylation sites (N-methyl/N-ethyl adjacent to an activating group) is 1. The molecule has 124 valence electrons. The average Bonchev–Trinajstić information content (AvgIpc) is 2.86. The summed E-state index contributed by atoms with van der Waals surface area (Å²) in [6.07, 6.45) is -4.27. The van der Waals surface area contributed by atoms with Crippen LogP contribution in [0, 0.1) is 0 Å². The number of urea groups is 1. The van der Waals surface area contributed by atoms with Crippen LogP contribution in [0.4, 0.5) is 18.0 Å². The molecule has 0 spiro atoms. The summed E-state index contributed by atoms with van der Waals surface area (Å²) in [7, 11) is 3.14. The number of nitrogens with zero attached hydrogens (tertiary/aromatic N) is 2. The Morgan fingerprint density at radius 1 is 1.41 bits per heavy atom. The van der Waals surface area contributed by atoms with E-state index in [0.29, 0.717) is 0 Å². The third-order valence-corrected chi connectivity index (χ3v) is 3.53. The SMILES string of the molecule is C[C@@H](NC(=O)NCCc1nc(C(F)(F)F)cs1)C(=O)N(C)C. The summed E-state index contributed by atoms with van der Waals surface area (Å²) < 4.78 is 37.1. The number of amides is 3. The van der Waals surface area contributed by atoms with Gasteiger partial charge in [0.2, 0.25) is 5.91 Å². The van der Waals surface area contributed by atoms with Gasteiger partial charge in [-0.15, -0.1) is 11.3 Å². The molecule has 1 aromatic heterocycles. The number of carbonyl (C=O) groups is 2. The van der Waals surface area contributed by atoms with Crippen LogP contribution in [0.2, 0.25) is 0 Å². The molecule has 22 heavy (non-hydrogen) atoms. The average molecular weight is 338 g/mol. The maximum atomic E-state index is 12.4. The Bertz CT molecular complexity index is 531. The number of thiazole rings is 1. The van der Waals surface area contributed by atoms with Gasteiger partial charge in [0.1, 0.15) is 6.04 Å². The summed E-state index contributed by atoms with van der Waals surface area (Å²) in [5, 5.41) is 6.13. The molecule has 10 heteroatoms. The van der Waals surface area contributed by atoms with Gasteiger partial charge in [-0.3, -0.25) is 4.79 Å². The molecule has 0 bridgehead atoms. The van der Waals surface area contributed by atoms with Gasteiger partial charge in [0, 0.05) is 32.4 Å². The van der Waals surface area contributed by atoms with Crippen LogP contribution >= 0.6 is 11.3 Å². The molecule has 1 aromatic rings. The zero-order chi connectivity index (χ0) is 16.9. The third kappa shape index (κ3) is 5.51. The van der Waals surface area contributed by atoms with Gasteiger partial charge in [0.15, 0.2) is 5.69 Å². The van der Waals surface area contributed by atoms with E-state index in [-0.39, 0.29) is 23.9 Å². The van der Waals surface area contributed by atoms with Crippen LogP contribution in [-0.2, 0) is 17.4 Å². The molecule has 0 aliphatic heterocycles. The highest BCUT2D eigenvalue weighted by Crippen LogP contribution is 2.29. The van der Waals surface area contributed by atoms with Crippen molar-refractivity contribution in [2.75, 3.05) is 20.6 Å². The third-order valence-electron chi connectivity index (χ3n) is 2.63. The largest absolute Gasteiger partial charge is 0.434 e. The fourth-order valence-corrected chi connectivity index (χ4v) is 2.34. The lowest BCUT2D eigenvalue weighted by atomic mass is 10.3. The minimum absolute atomic E-state index is 0.125. The number of hydrogen-bond donors (Lipinski definition) is 2. The highest BCUT2D eigenvalue weighted by atomic mass is 32.1. The van der Waals surface area contributed by atoms with E-state index in [4.69, 9.17) is 0 Å². The monoisotopic (exact) mass is 338 g/mol. The van der Waals surface area contributed by atoms with Crippen molar-refractivity contribution >= 4 is 23.3 Å². The highest BCUT2D eigenvalue weighted by molar-refractivity contribution is 7.09. The molecule has 1 rings (SSSR count). The first-order valence-electron chi connectivity index (χ1n) is 6.38. The molecule has 1 heterocycles. The van der Waals surface area contributed by atoms with Gasteiger partial charge in [-0.1, -0.05) is 0 Å². The smallest absolute Gasteiger partial charge is 0.347 e. The number of nitrogens with one attached hydrogen (secondary N) is 2. The molecule has 0 saturated carbocycles. The number of aromatic nitrogens is 1. The van der Waals surface area contributed by atoms with E-state index < -0.39 is 23.9 Å². The van der Waals surface area contributed by atoms with Gasteiger partial charge in [-0.2, -0.15) is 13.2 Å². The lowest BCUT2D eigenvalue weighted by Gasteiger charge is -2.18. The van der Waals surface area contributed by atoms with E-state index in [1.807, 2.05) is 0 Å². The Kier molecular flexibility index (Phi) is 6.15. The molecule has 3 amide bonds. The minimum Gasteiger partial charge on any atom is -0.347 e. The molecule has 1 atom stereocenters. The quantitative estimate of drug-likeness (QED) is 0.854. The van der Waals surface area contributed by atoms with E-state index in [1.165, 1.54) is 4.90 Å². The Morgan fingerprint density at radius 2 is 2.05 bits per heavy atom. The van der Waals surface area contributed by atoms with Crippen molar-refractivity contribution in [3.05, 3.63) is 16.1 Å². The molecule has 0 fully saturated rings. The van der Waals surface area contributed by atoms with Crippen molar-refractivity contribution in [1.29, 1.82) is 0 Å². The topological polar surface area (TPSA) is 74.3 Å². The molecular weight excluding hydrogens is 321 g/mol. The Balaban J connectivity index is 2.36. The fraction of sp³-hybridized carbons (Fsp3) is 0.583. The molecule has 0 unspecified atom stereocenters. The van der Waals surface area contributed by atoms with Crippen LogP contribution in [0.3, 0.4) is 0 Å². The van der Waals surface area contributed by atoms with Crippen LogP contribution in [0.15, 0.2) is 5.38 Å². The summed E-state index contributed by atoms with van der Waals surface area (Å²) in [5.41, 5.74) is -0.929. The van der Waals surface area contributed by atoms with Gasteiger partial charge in [-0.05, 0) is 6.92 Å². The Labute approximate surface area is 129 Å². The van der Waals surface area contributed by atoms with Gasteiger partial charge < -0.3 is 15.5 Å². The second-order valence-electron chi connectivity index (χ2n) is 4.73. The first kappa shape index (κ1) is 18.2. The van der Waals surface area contributed by atoms with Crippen LogP contribution < -0.4 is 10.6 Å². The molecule has 0 aromatic carbocycles. The molecule has 6 nitrogen and oxygen atoms in total. The maximum Gasteiger partial charge on any atom is 0.434 e. The summed E-state index contributed by atoms with van der Waals surface area (Å²) in [6.45, 7) is 1.66. The standard InChI is InChI=1S/C12H17F3N4O2S/c1-7(10(20)19(2)3)17-11(21)16-5-4-9-18-8(6-22-9)12(13,14)15/h6-7H,4-5H2,1-3H3,(H2,16,17,21)/t7-/m1/s1. The number of carbonyl (C=O) groups excluding carboxylic acids is 2. The first-order chi connectivity index (χ1) is 10.1. The van der Waals surface area contributed by atoms with Gasteiger partial charge in [0.05, 0.1) is 5.01 Å². The van der Waals surface area contributed by atoms with Crippen molar-refractivity contribution in [1.82, 2.24) is 20.5 Å². The van der Waals surface area contributed by atoms with Crippen molar-refractivity contribution in [2.45, 2.75) is 25.6 Å². The van der Waals surface area contributed by atoms with Crippen LogP contribution in [-0.4, -0.2) is 48.5 Å². The summed E-state index contributed by atoms with van der Waals surface area (Å²) >= 11 is 0.887. The molecule has 0 aliphatic carbocycles. The molecule has 0 saturated heterocycles. The fourth-order valence-electron chi connectivity index (χ4n) is 1.54. The molecular formula is C12H17F3N4O2S. The molecule has 0 aliphatic rings. The van der Waals surface area contributed by atoms with E-state index in [9.17, 15) is 22.8 Å². The predicted octanol–water partition coefficient (Wildman–Crippen LogP) is 1.48. The van der Waals surface area contributed by atoms with Gasteiger partial charge in [-0.25, -0.2) is 9.78 Å². The van der Waals surface area contributed by atoms with Gasteiger partial charge in [0.25, 0.3) is 0 Å². The van der Waals surface area contributed by atoms with Crippen LogP contribution in [0.1, 0.15) is 17.6 Å². The number of halogens is 3. The van der Waals surface area contributed by atoms with Crippen LogP contribution in [0.25, 0.3) is 0 Å². The number of hydrogen-bond acceptors (Lipinski definition) is 4. The second-order valence-corrected chi connectivity index (χ2v) is 5.67. The lowest BCUT2D eigenvalue weighted by Crippen LogP contribution is -2.48. The zero-order valence-electron chi connectivity index (χ0n) is 12.3. The lowest BCUT2D eigenvalue weighted by molar-refractivity contribution is -0.140. The molecule has 0 radical (unpaired) electrons. The Hall–Kier alpha value is -1.84. The van der Waals surface area contributed by atoms with Crippen LogP contribution in [0.5, 0.6) is 0 Å². The zero-order valence-corrected chi connectivity index (χ0v) is 13.1. The predicted molar refractivity (Wildman–Crippen MR) is 75.5 cm³/mol. The first-order valence-corrected chi connectivity index (χ1v) is 7.26. The highest BCUT2D eigenvalue weighted by Gasteiger charge is 2.33. The normalized spacial score (nSPS) is 12.6. The minimum atomic E-state index is -4.46. The van der Waals surface area contributed by atoms with Gasteiger partial charge >= 0.3 is 12.2 Å². The second kappa shape index (κ2) is 7.43. The van der Waals surface area contributed by atoms with E-state index in [2.05, 4.69) is 15.6 Å². The van der Waals surface area contributed by atoms with Crippen molar-refractivity contribution in [3.63, 3.8) is 0 Å². The number of rotatable bonds is 5. The van der Waals surface area contributed by atoms with Crippen molar-refractivity contribution in [2.24, 2.45) is 0 Å². The van der Waals surface area contributed by atoms with Crippen molar-refractivity contribution in [3.8, 4) is 0 Å². The maximum absolute atomic E-state index is 12.4. The Morgan fingerprint density at radius 3 is 2.55 bits per heavy atom. The van der Waals surface area contributed by atoms with E-state index >= 15 is 0 Å². The number of alkyl halides is 3. The summed E-state index contributed by atoms with van der Waals surface area (Å²) in [4.78, 5) is 27.9.